The van der Waals surface area contributed by atoms with E-state index >= 15 is 0 Å². The highest BCUT2D eigenvalue weighted by molar-refractivity contribution is 7.88. The Labute approximate surface area is 135 Å². The van der Waals surface area contributed by atoms with Gasteiger partial charge < -0.3 is 9.47 Å². The standard InChI is InChI=1S/C15H20N2O5S/c1-23(19,20)17-6-4-16(5-7-17)11-13(18)12-2-3-14-15(10-12)22-9-8-21-14/h2-3,10H,4-9,11H2,1H3. The molecule has 2 aliphatic heterocycles. The molecule has 7 nitrogen and oxygen atoms in total. The number of piperazine rings is 1. The second-order valence-corrected chi connectivity index (χ2v) is 7.70. The number of Topliss-reactive ketones (excluding diaryl/α,β-unsaturated/α-hetero) is 1. The third kappa shape index (κ3) is 3.82. The van der Waals surface area contributed by atoms with Crippen LogP contribution in [0.4, 0.5) is 0 Å². The number of rotatable bonds is 4. The van der Waals surface area contributed by atoms with Gasteiger partial charge in [0.15, 0.2) is 17.3 Å². The van der Waals surface area contributed by atoms with Gasteiger partial charge in [-0.25, -0.2) is 8.42 Å². The maximum absolute atomic E-state index is 12.4. The third-order valence-corrected chi connectivity index (χ3v) is 5.33. The summed E-state index contributed by atoms with van der Waals surface area (Å²) in [5.74, 6) is 1.26. The molecule has 2 heterocycles. The van der Waals surface area contributed by atoms with Crippen LogP contribution in [0, 0.1) is 0 Å². The van der Waals surface area contributed by atoms with Crippen molar-refractivity contribution in [2.24, 2.45) is 0 Å². The van der Waals surface area contributed by atoms with Crippen LogP contribution in [0.5, 0.6) is 11.5 Å². The largest absolute Gasteiger partial charge is 0.486 e. The summed E-state index contributed by atoms with van der Waals surface area (Å²) >= 11 is 0. The van der Waals surface area contributed by atoms with E-state index in [1.807, 2.05) is 4.90 Å². The summed E-state index contributed by atoms with van der Waals surface area (Å²) in [6, 6.07) is 5.20. The first kappa shape index (κ1) is 16.2. The summed E-state index contributed by atoms with van der Waals surface area (Å²) < 4.78 is 35.4. The minimum absolute atomic E-state index is 0.00483. The van der Waals surface area contributed by atoms with Crippen molar-refractivity contribution in [2.45, 2.75) is 0 Å². The Kier molecular flexibility index (Phi) is 4.56. The van der Waals surface area contributed by atoms with Crippen LogP contribution in [-0.4, -0.2) is 75.6 Å². The van der Waals surface area contributed by atoms with Gasteiger partial charge in [-0.15, -0.1) is 0 Å². The number of nitrogens with zero attached hydrogens (tertiary/aromatic N) is 2. The summed E-state index contributed by atoms with van der Waals surface area (Å²) in [6.07, 6.45) is 1.21. The average Bonchev–Trinajstić information content (AvgIpc) is 2.54. The molecule has 8 heteroatoms. The number of benzene rings is 1. The second-order valence-electron chi connectivity index (χ2n) is 5.72. The van der Waals surface area contributed by atoms with E-state index in [1.165, 1.54) is 10.6 Å². The van der Waals surface area contributed by atoms with E-state index in [9.17, 15) is 13.2 Å². The van der Waals surface area contributed by atoms with E-state index in [-0.39, 0.29) is 12.3 Å². The molecule has 0 saturated carbocycles. The number of ether oxygens (including phenoxy) is 2. The molecule has 1 aromatic rings. The molecule has 126 valence electrons. The number of hydrogen-bond donors (Lipinski definition) is 0. The Morgan fingerprint density at radius 3 is 2.39 bits per heavy atom. The van der Waals surface area contributed by atoms with Gasteiger partial charge in [0.1, 0.15) is 13.2 Å². The Balaban J connectivity index is 1.60. The molecule has 0 aliphatic carbocycles. The molecule has 0 bridgehead atoms. The molecule has 23 heavy (non-hydrogen) atoms. The summed E-state index contributed by atoms with van der Waals surface area (Å²) in [4.78, 5) is 14.4. The Morgan fingerprint density at radius 1 is 1.09 bits per heavy atom. The Bertz CT molecular complexity index is 696. The zero-order valence-corrected chi connectivity index (χ0v) is 13.8. The summed E-state index contributed by atoms with van der Waals surface area (Å²) in [7, 11) is -3.15. The molecule has 1 fully saturated rings. The molecule has 2 aliphatic rings. The smallest absolute Gasteiger partial charge is 0.211 e. The van der Waals surface area contributed by atoms with Crippen molar-refractivity contribution in [2.75, 3.05) is 52.2 Å². The van der Waals surface area contributed by atoms with E-state index in [0.717, 1.165) is 0 Å². The maximum Gasteiger partial charge on any atom is 0.211 e. The average molecular weight is 340 g/mol. The molecule has 0 spiro atoms. The van der Waals surface area contributed by atoms with Gasteiger partial charge in [-0.3, -0.25) is 9.69 Å². The predicted molar refractivity (Wildman–Crippen MR) is 84.6 cm³/mol. The van der Waals surface area contributed by atoms with Crippen molar-refractivity contribution in [1.82, 2.24) is 9.21 Å². The van der Waals surface area contributed by atoms with Crippen molar-refractivity contribution in [3.8, 4) is 11.5 Å². The van der Waals surface area contributed by atoms with Crippen LogP contribution in [0.1, 0.15) is 10.4 Å². The molecular weight excluding hydrogens is 320 g/mol. The number of fused-ring (bicyclic) bond motifs is 1. The van der Waals surface area contributed by atoms with Crippen LogP contribution < -0.4 is 9.47 Å². The number of carbonyl (C=O) groups is 1. The van der Waals surface area contributed by atoms with Crippen LogP contribution in [0.15, 0.2) is 18.2 Å². The number of hydrogen-bond acceptors (Lipinski definition) is 6. The van der Waals surface area contributed by atoms with Gasteiger partial charge in [-0.2, -0.15) is 4.31 Å². The molecule has 0 amide bonds. The normalized spacial score (nSPS) is 19.5. The molecule has 3 rings (SSSR count). The molecule has 1 saturated heterocycles. The highest BCUT2D eigenvalue weighted by atomic mass is 32.2. The first-order chi connectivity index (χ1) is 10.9. The van der Waals surface area contributed by atoms with E-state index in [1.54, 1.807) is 18.2 Å². The van der Waals surface area contributed by atoms with E-state index in [0.29, 0.717) is 56.5 Å². The van der Waals surface area contributed by atoms with Crippen LogP contribution >= 0.6 is 0 Å². The second kappa shape index (κ2) is 6.46. The minimum Gasteiger partial charge on any atom is -0.486 e. The molecule has 0 N–H and O–H groups in total. The van der Waals surface area contributed by atoms with Crippen molar-refractivity contribution in [1.29, 1.82) is 0 Å². The number of carbonyl (C=O) groups excluding carboxylic acids is 1. The molecule has 0 atom stereocenters. The highest BCUT2D eigenvalue weighted by Gasteiger charge is 2.25. The summed E-state index contributed by atoms with van der Waals surface area (Å²) in [6.45, 7) is 3.24. The lowest BCUT2D eigenvalue weighted by Crippen LogP contribution is -2.49. The van der Waals surface area contributed by atoms with E-state index in [2.05, 4.69) is 0 Å². The minimum atomic E-state index is -3.15. The monoisotopic (exact) mass is 340 g/mol. The third-order valence-electron chi connectivity index (χ3n) is 4.03. The highest BCUT2D eigenvalue weighted by Crippen LogP contribution is 2.30. The summed E-state index contributed by atoms with van der Waals surface area (Å²) in [5.41, 5.74) is 0.583. The van der Waals surface area contributed by atoms with Gasteiger partial charge in [-0.1, -0.05) is 0 Å². The van der Waals surface area contributed by atoms with Gasteiger partial charge in [0.05, 0.1) is 12.8 Å². The van der Waals surface area contributed by atoms with Gasteiger partial charge in [-0.05, 0) is 18.2 Å². The molecule has 0 unspecified atom stereocenters. The van der Waals surface area contributed by atoms with E-state index < -0.39 is 10.0 Å². The Morgan fingerprint density at radius 2 is 1.74 bits per heavy atom. The van der Waals surface area contributed by atoms with Crippen LogP contribution in [0.3, 0.4) is 0 Å². The zero-order chi connectivity index (χ0) is 16.4. The van der Waals surface area contributed by atoms with Crippen molar-refractivity contribution in [3.63, 3.8) is 0 Å². The lowest BCUT2D eigenvalue weighted by Gasteiger charge is -2.32. The van der Waals surface area contributed by atoms with Crippen LogP contribution in [0.25, 0.3) is 0 Å². The quantitative estimate of drug-likeness (QED) is 0.730. The Hall–Kier alpha value is -1.64. The van der Waals surface area contributed by atoms with Crippen molar-refractivity contribution >= 4 is 15.8 Å². The van der Waals surface area contributed by atoms with Gasteiger partial charge in [0, 0.05) is 31.7 Å². The SMILES string of the molecule is CS(=O)(=O)N1CCN(CC(=O)c2ccc3c(c2)OCCO3)CC1. The van der Waals surface area contributed by atoms with Crippen molar-refractivity contribution < 1.29 is 22.7 Å². The molecular formula is C15H20N2O5S. The molecule has 1 aromatic carbocycles. The molecule has 0 radical (unpaired) electrons. The zero-order valence-electron chi connectivity index (χ0n) is 13.0. The lowest BCUT2D eigenvalue weighted by molar-refractivity contribution is 0.0901. The first-order valence-corrected chi connectivity index (χ1v) is 9.38. The lowest BCUT2D eigenvalue weighted by atomic mass is 10.1. The number of ketones is 1. The maximum atomic E-state index is 12.4. The summed E-state index contributed by atoms with van der Waals surface area (Å²) in [5, 5.41) is 0. The fourth-order valence-electron chi connectivity index (χ4n) is 2.73. The first-order valence-electron chi connectivity index (χ1n) is 7.54. The van der Waals surface area contributed by atoms with Crippen LogP contribution in [0.2, 0.25) is 0 Å². The predicted octanol–water partition coefficient (Wildman–Crippen LogP) is 0.218. The van der Waals surface area contributed by atoms with Crippen LogP contribution in [-0.2, 0) is 10.0 Å². The van der Waals surface area contributed by atoms with Gasteiger partial charge in [0.2, 0.25) is 10.0 Å². The fourth-order valence-corrected chi connectivity index (χ4v) is 3.56. The fraction of sp³-hybridized carbons (Fsp3) is 0.533. The van der Waals surface area contributed by atoms with Gasteiger partial charge in [0.25, 0.3) is 0 Å². The van der Waals surface area contributed by atoms with Crippen molar-refractivity contribution in [3.05, 3.63) is 23.8 Å². The topological polar surface area (TPSA) is 76.2 Å². The van der Waals surface area contributed by atoms with Gasteiger partial charge >= 0.3 is 0 Å². The molecule has 0 aromatic heterocycles. The van der Waals surface area contributed by atoms with E-state index in [4.69, 9.17) is 9.47 Å². The number of sulfonamides is 1.